The Kier molecular flexibility index (Phi) is 7.52. The molecule has 0 radical (unpaired) electrons. The van der Waals surface area contributed by atoms with E-state index in [-0.39, 0.29) is 12.2 Å². The lowest BCUT2D eigenvalue weighted by Crippen LogP contribution is -2.32. The van der Waals surface area contributed by atoms with Crippen molar-refractivity contribution in [3.05, 3.63) is 12.2 Å². The first kappa shape index (κ1) is 13.7. The van der Waals surface area contributed by atoms with Gasteiger partial charge in [0.25, 0.3) is 0 Å². The minimum atomic E-state index is -0.287. The van der Waals surface area contributed by atoms with E-state index in [0.29, 0.717) is 0 Å². The molecule has 0 aliphatic carbocycles. The molecular formula is C14H26O2. The van der Waals surface area contributed by atoms with Crippen molar-refractivity contribution in [1.82, 2.24) is 0 Å². The summed E-state index contributed by atoms with van der Waals surface area (Å²) in [5.74, 6) is 0. The summed E-state index contributed by atoms with van der Waals surface area (Å²) in [5.41, 5.74) is 0. The minimum Gasteiger partial charge on any atom is -0.390 e. The molecule has 1 aliphatic rings. The molecule has 1 N–H and O–H groups in total. The third-order valence-electron chi connectivity index (χ3n) is 3.13. The molecular weight excluding hydrogens is 200 g/mol. The Balaban J connectivity index is 2.02. The molecule has 1 aliphatic heterocycles. The number of hydrogen-bond donors (Lipinski definition) is 1. The summed E-state index contributed by atoms with van der Waals surface area (Å²) in [4.78, 5) is 0. The van der Waals surface area contributed by atoms with E-state index in [9.17, 15) is 5.11 Å². The molecule has 0 aromatic rings. The van der Waals surface area contributed by atoms with Crippen LogP contribution in [0.3, 0.4) is 0 Å². The summed E-state index contributed by atoms with van der Waals surface area (Å²) in [6.45, 7) is 3.03. The van der Waals surface area contributed by atoms with E-state index in [1.807, 2.05) is 6.08 Å². The Morgan fingerprint density at radius 1 is 1.25 bits per heavy atom. The van der Waals surface area contributed by atoms with Gasteiger partial charge in [0.15, 0.2) is 0 Å². The average Bonchev–Trinajstić information content (AvgIpc) is 2.30. The maximum absolute atomic E-state index is 9.67. The number of allylic oxidation sites excluding steroid dienone is 1. The lowest BCUT2D eigenvalue weighted by molar-refractivity contribution is -0.0484. The zero-order valence-electron chi connectivity index (χ0n) is 10.5. The number of unbranched alkanes of at least 4 members (excludes halogenated alkanes) is 5. The lowest BCUT2D eigenvalue weighted by Gasteiger charge is -2.25. The molecule has 0 saturated carbocycles. The SMILES string of the molecule is CCCCCCCC=CC1OCCCC1O. The van der Waals surface area contributed by atoms with Crippen LogP contribution >= 0.6 is 0 Å². The van der Waals surface area contributed by atoms with Crippen LogP contribution in [-0.4, -0.2) is 23.9 Å². The number of aliphatic hydroxyl groups excluding tert-OH is 1. The van der Waals surface area contributed by atoms with Crippen LogP contribution in [0.1, 0.15) is 58.3 Å². The van der Waals surface area contributed by atoms with Crippen LogP contribution < -0.4 is 0 Å². The molecule has 0 amide bonds. The van der Waals surface area contributed by atoms with Gasteiger partial charge in [-0.25, -0.2) is 0 Å². The molecule has 2 nitrogen and oxygen atoms in total. The Morgan fingerprint density at radius 3 is 2.81 bits per heavy atom. The summed E-state index contributed by atoms with van der Waals surface area (Å²) in [7, 11) is 0. The lowest BCUT2D eigenvalue weighted by atomic mass is 10.0. The van der Waals surface area contributed by atoms with Crippen molar-refractivity contribution < 1.29 is 9.84 Å². The molecule has 1 fully saturated rings. The van der Waals surface area contributed by atoms with E-state index >= 15 is 0 Å². The molecule has 1 heterocycles. The van der Waals surface area contributed by atoms with E-state index in [1.54, 1.807) is 0 Å². The van der Waals surface area contributed by atoms with Crippen molar-refractivity contribution >= 4 is 0 Å². The first-order chi connectivity index (χ1) is 7.84. The molecule has 2 unspecified atom stereocenters. The zero-order chi connectivity index (χ0) is 11.6. The highest BCUT2D eigenvalue weighted by molar-refractivity contribution is 4.94. The number of aliphatic hydroxyl groups is 1. The highest BCUT2D eigenvalue weighted by Gasteiger charge is 2.20. The normalized spacial score (nSPS) is 26.4. The van der Waals surface area contributed by atoms with Gasteiger partial charge in [0.2, 0.25) is 0 Å². The van der Waals surface area contributed by atoms with Crippen LogP contribution in [-0.2, 0) is 4.74 Å². The molecule has 0 bridgehead atoms. The van der Waals surface area contributed by atoms with Crippen LogP contribution in [0, 0.1) is 0 Å². The van der Waals surface area contributed by atoms with Gasteiger partial charge in [-0.1, -0.05) is 44.8 Å². The Labute approximate surface area is 99.7 Å². The molecule has 2 heteroatoms. The van der Waals surface area contributed by atoms with Crippen molar-refractivity contribution in [1.29, 1.82) is 0 Å². The summed E-state index contributed by atoms with van der Waals surface area (Å²) < 4.78 is 5.50. The predicted molar refractivity (Wildman–Crippen MR) is 67.5 cm³/mol. The van der Waals surface area contributed by atoms with Gasteiger partial charge in [-0.3, -0.25) is 0 Å². The molecule has 1 rings (SSSR count). The van der Waals surface area contributed by atoms with Gasteiger partial charge < -0.3 is 9.84 Å². The van der Waals surface area contributed by atoms with Crippen LogP contribution in [0.5, 0.6) is 0 Å². The van der Waals surface area contributed by atoms with Crippen LogP contribution in [0.4, 0.5) is 0 Å². The van der Waals surface area contributed by atoms with Gasteiger partial charge >= 0.3 is 0 Å². The highest BCUT2D eigenvalue weighted by atomic mass is 16.5. The molecule has 16 heavy (non-hydrogen) atoms. The fourth-order valence-electron chi connectivity index (χ4n) is 2.07. The summed E-state index contributed by atoms with van der Waals surface area (Å²) in [6, 6.07) is 0. The summed E-state index contributed by atoms with van der Waals surface area (Å²) in [6.07, 6.45) is 13.5. The minimum absolute atomic E-state index is 0.0515. The summed E-state index contributed by atoms with van der Waals surface area (Å²) >= 11 is 0. The Morgan fingerprint density at radius 2 is 2.06 bits per heavy atom. The number of rotatable bonds is 7. The second kappa shape index (κ2) is 8.77. The second-order valence-electron chi connectivity index (χ2n) is 4.68. The molecule has 0 aromatic carbocycles. The molecule has 94 valence electrons. The Bertz CT molecular complexity index is 189. The summed E-state index contributed by atoms with van der Waals surface area (Å²) in [5, 5.41) is 9.67. The van der Waals surface area contributed by atoms with E-state index in [4.69, 9.17) is 4.74 Å². The second-order valence-corrected chi connectivity index (χ2v) is 4.68. The van der Waals surface area contributed by atoms with E-state index in [1.165, 1.54) is 32.1 Å². The topological polar surface area (TPSA) is 29.5 Å². The quantitative estimate of drug-likeness (QED) is 0.532. The van der Waals surface area contributed by atoms with E-state index < -0.39 is 0 Å². The first-order valence-corrected chi connectivity index (χ1v) is 6.81. The fraction of sp³-hybridized carbons (Fsp3) is 0.857. The van der Waals surface area contributed by atoms with Gasteiger partial charge in [0.1, 0.15) is 6.10 Å². The zero-order valence-corrected chi connectivity index (χ0v) is 10.5. The van der Waals surface area contributed by atoms with Gasteiger partial charge in [0, 0.05) is 6.61 Å². The van der Waals surface area contributed by atoms with Crippen LogP contribution in [0.2, 0.25) is 0 Å². The van der Waals surface area contributed by atoms with Gasteiger partial charge in [0.05, 0.1) is 6.10 Å². The maximum atomic E-state index is 9.67. The number of hydrogen-bond acceptors (Lipinski definition) is 2. The molecule has 2 atom stereocenters. The molecule has 1 saturated heterocycles. The van der Waals surface area contributed by atoms with Gasteiger partial charge in [-0.15, -0.1) is 0 Å². The average molecular weight is 226 g/mol. The van der Waals surface area contributed by atoms with Crippen molar-refractivity contribution in [2.45, 2.75) is 70.5 Å². The first-order valence-electron chi connectivity index (χ1n) is 6.81. The van der Waals surface area contributed by atoms with Crippen molar-refractivity contribution in [3.63, 3.8) is 0 Å². The Hall–Kier alpha value is -0.340. The third kappa shape index (κ3) is 5.66. The van der Waals surface area contributed by atoms with Crippen molar-refractivity contribution in [2.75, 3.05) is 6.61 Å². The predicted octanol–water partition coefficient (Wildman–Crippen LogP) is 3.44. The fourth-order valence-corrected chi connectivity index (χ4v) is 2.07. The van der Waals surface area contributed by atoms with Gasteiger partial charge in [-0.2, -0.15) is 0 Å². The van der Waals surface area contributed by atoms with E-state index in [2.05, 4.69) is 13.0 Å². The van der Waals surface area contributed by atoms with Crippen LogP contribution in [0.15, 0.2) is 12.2 Å². The molecule has 0 aromatic heterocycles. The maximum Gasteiger partial charge on any atom is 0.101 e. The smallest absolute Gasteiger partial charge is 0.101 e. The van der Waals surface area contributed by atoms with E-state index in [0.717, 1.165) is 25.9 Å². The van der Waals surface area contributed by atoms with Crippen molar-refractivity contribution in [2.24, 2.45) is 0 Å². The largest absolute Gasteiger partial charge is 0.390 e. The van der Waals surface area contributed by atoms with Gasteiger partial charge in [-0.05, 0) is 25.7 Å². The van der Waals surface area contributed by atoms with Crippen LogP contribution in [0.25, 0.3) is 0 Å². The highest BCUT2D eigenvalue weighted by Crippen LogP contribution is 2.15. The monoisotopic (exact) mass is 226 g/mol. The third-order valence-corrected chi connectivity index (χ3v) is 3.13. The standard InChI is InChI=1S/C14H26O2/c1-2-3-4-5-6-7-8-11-14-13(15)10-9-12-16-14/h8,11,13-15H,2-7,9-10,12H2,1H3. The number of ether oxygens (including phenoxy) is 1. The molecule has 0 spiro atoms. The van der Waals surface area contributed by atoms with Crippen molar-refractivity contribution in [3.8, 4) is 0 Å².